The lowest BCUT2D eigenvalue weighted by Gasteiger charge is -2.21. The van der Waals surface area contributed by atoms with E-state index in [9.17, 15) is 9.59 Å². The second-order valence-corrected chi connectivity index (χ2v) is 4.10. The number of aliphatic hydroxyl groups is 1. The Morgan fingerprint density at radius 3 is 2.80 bits per heavy atom. The minimum Gasteiger partial charge on any atom is -0.478 e. The van der Waals surface area contributed by atoms with Crippen LogP contribution in [0.15, 0.2) is 24.5 Å². The zero-order valence-electron chi connectivity index (χ0n) is 11.3. The minimum absolute atomic E-state index is 0.0197. The molecule has 20 heavy (non-hydrogen) atoms. The number of aliphatic carboxylic acids is 1. The first kappa shape index (κ1) is 15.8. The van der Waals surface area contributed by atoms with Gasteiger partial charge in [-0.3, -0.25) is 9.78 Å². The van der Waals surface area contributed by atoms with E-state index in [4.69, 9.17) is 10.2 Å². The van der Waals surface area contributed by atoms with Crippen molar-refractivity contribution in [3.8, 4) is 0 Å². The standard InChI is InChI=1S/C14H18N2O4/c1-2-16(8-3-9-17)14(20)12-6-7-15-10-11(12)4-5-13(18)19/h4-7,10,17H,2-3,8-9H2,1H3,(H,18,19)/b5-4+. The SMILES string of the molecule is CCN(CCCO)C(=O)c1ccncc1/C=C/C(=O)O. The molecule has 0 atom stereocenters. The summed E-state index contributed by atoms with van der Waals surface area (Å²) in [7, 11) is 0. The van der Waals surface area contributed by atoms with Gasteiger partial charge in [-0.05, 0) is 25.5 Å². The number of carbonyl (C=O) groups excluding carboxylic acids is 1. The van der Waals surface area contributed by atoms with Crippen LogP contribution in [0, 0.1) is 0 Å². The average Bonchev–Trinajstić information content (AvgIpc) is 2.46. The molecule has 1 aromatic heterocycles. The van der Waals surface area contributed by atoms with Gasteiger partial charge in [-0.2, -0.15) is 0 Å². The molecule has 0 saturated carbocycles. The van der Waals surface area contributed by atoms with Crippen LogP contribution < -0.4 is 0 Å². The molecule has 0 spiro atoms. The van der Waals surface area contributed by atoms with Crippen LogP contribution in [0.25, 0.3) is 6.08 Å². The molecule has 6 nitrogen and oxygen atoms in total. The molecule has 1 heterocycles. The summed E-state index contributed by atoms with van der Waals surface area (Å²) in [5.41, 5.74) is 0.861. The summed E-state index contributed by atoms with van der Waals surface area (Å²) >= 11 is 0. The molecule has 0 aliphatic rings. The maximum Gasteiger partial charge on any atom is 0.328 e. The van der Waals surface area contributed by atoms with Crippen molar-refractivity contribution in [3.05, 3.63) is 35.7 Å². The van der Waals surface area contributed by atoms with Crippen molar-refractivity contribution < 1.29 is 19.8 Å². The smallest absolute Gasteiger partial charge is 0.328 e. The zero-order valence-corrected chi connectivity index (χ0v) is 11.3. The first-order valence-corrected chi connectivity index (χ1v) is 6.35. The highest BCUT2D eigenvalue weighted by Gasteiger charge is 2.16. The monoisotopic (exact) mass is 278 g/mol. The molecule has 1 amide bonds. The number of nitrogens with zero attached hydrogens (tertiary/aromatic N) is 2. The fraction of sp³-hybridized carbons (Fsp3) is 0.357. The number of hydrogen-bond acceptors (Lipinski definition) is 4. The van der Waals surface area contributed by atoms with Crippen LogP contribution >= 0.6 is 0 Å². The zero-order chi connectivity index (χ0) is 15.0. The van der Waals surface area contributed by atoms with Crippen molar-refractivity contribution in [1.29, 1.82) is 0 Å². The van der Waals surface area contributed by atoms with Crippen LogP contribution in [0.1, 0.15) is 29.3 Å². The second-order valence-electron chi connectivity index (χ2n) is 4.10. The van der Waals surface area contributed by atoms with E-state index in [0.29, 0.717) is 30.6 Å². The number of pyridine rings is 1. The van der Waals surface area contributed by atoms with E-state index in [1.165, 1.54) is 18.5 Å². The molecule has 0 unspecified atom stereocenters. The Balaban J connectivity index is 2.99. The molecular formula is C14H18N2O4. The highest BCUT2D eigenvalue weighted by molar-refractivity contribution is 5.98. The summed E-state index contributed by atoms with van der Waals surface area (Å²) in [6, 6.07) is 1.56. The van der Waals surface area contributed by atoms with Crippen molar-refractivity contribution in [2.75, 3.05) is 19.7 Å². The molecule has 0 bridgehead atoms. The Morgan fingerprint density at radius 2 is 2.20 bits per heavy atom. The highest BCUT2D eigenvalue weighted by Crippen LogP contribution is 2.12. The van der Waals surface area contributed by atoms with Crippen LogP contribution in [-0.2, 0) is 4.79 Å². The van der Waals surface area contributed by atoms with Crippen molar-refractivity contribution in [2.24, 2.45) is 0 Å². The summed E-state index contributed by atoms with van der Waals surface area (Å²) in [6.45, 7) is 2.84. The number of rotatable bonds is 7. The van der Waals surface area contributed by atoms with E-state index in [1.54, 1.807) is 11.0 Å². The molecule has 0 radical (unpaired) electrons. The van der Waals surface area contributed by atoms with Gasteiger partial charge in [0.2, 0.25) is 0 Å². The Kier molecular flexibility index (Phi) is 6.39. The average molecular weight is 278 g/mol. The number of aliphatic hydroxyl groups excluding tert-OH is 1. The lowest BCUT2D eigenvalue weighted by Crippen LogP contribution is -2.32. The quantitative estimate of drug-likeness (QED) is 0.727. The van der Waals surface area contributed by atoms with Gasteiger partial charge in [-0.25, -0.2) is 4.79 Å². The molecule has 2 N–H and O–H groups in total. The van der Waals surface area contributed by atoms with Gasteiger partial charge in [-0.15, -0.1) is 0 Å². The lowest BCUT2D eigenvalue weighted by molar-refractivity contribution is -0.131. The van der Waals surface area contributed by atoms with E-state index in [1.807, 2.05) is 6.92 Å². The Labute approximate surface area is 117 Å². The summed E-state index contributed by atoms with van der Waals surface area (Å²) in [6.07, 6.45) is 5.77. The van der Waals surface area contributed by atoms with Gasteiger partial charge in [0.1, 0.15) is 0 Å². The van der Waals surface area contributed by atoms with Crippen LogP contribution in [0.5, 0.6) is 0 Å². The summed E-state index contributed by atoms with van der Waals surface area (Å²) in [5.74, 6) is -1.28. The number of carbonyl (C=O) groups is 2. The third-order valence-electron chi connectivity index (χ3n) is 2.74. The van der Waals surface area contributed by atoms with Crippen molar-refractivity contribution in [1.82, 2.24) is 9.88 Å². The topological polar surface area (TPSA) is 90.7 Å². The molecule has 1 rings (SSSR count). The Bertz CT molecular complexity index is 500. The summed E-state index contributed by atoms with van der Waals surface area (Å²) in [4.78, 5) is 28.4. The van der Waals surface area contributed by atoms with E-state index in [2.05, 4.69) is 4.98 Å². The van der Waals surface area contributed by atoms with Gasteiger partial charge in [0.25, 0.3) is 5.91 Å². The van der Waals surface area contributed by atoms with Gasteiger partial charge >= 0.3 is 5.97 Å². The number of amides is 1. The number of carboxylic acids is 1. The molecule has 0 aliphatic carbocycles. The predicted molar refractivity (Wildman–Crippen MR) is 74.2 cm³/mol. The number of aromatic nitrogens is 1. The van der Waals surface area contributed by atoms with Crippen LogP contribution in [0.4, 0.5) is 0 Å². The van der Waals surface area contributed by atoms with Crippen molar-refractivity contribution in [3.63, 3.8) is 0 Å². The molecule has 0 aliphatic heterocycles. The van der Waals surface area contributed by atoms with E-state index < -0.39 is 5.97 Å². The molecular weight excluding hydrogens is 260 g/mol. The van der Waals surface area contributed by atoms with Gasteiger partial charge in [-0.1, -0.05) is 0 Å². The van der Waals surface area contributed by atoms with Crippen molar-refractivity contribution in [2.45, 2.75) is 13.3 Å². The summed E-state index contributed by atoms with van der Waals surface area (Å²) < 4.78 is 0. The number of hydrogen-bond donors (Lipinski definition) is 2. The predicted octanol–water partition coefficient (Wildman–Crippen LogP) is 1.02. The van der Waals surface area contributed by atoms with Gasteiger partial charge in [0.15, 0.2) is 0 Å². The maximum absolute atomic E-state index is 12.4. The minimum atomic E-state index is -1.08. The molecule has 0 fully saturated rings. The molecule has 1 aromatic rings. The first-order chi connectivity index (χ1) is 9.60. The van der Waals surface area contributed by atoms with E-state index in [0.717, 1.165) is 6.08 Å². The van der Waals surface area contributed by atoms with Crippen LogP contribution in [0.3, 0.4) is 0 Å². The highest BCUT2D eigenvalue weighted by atomic mass is 16.4. The molecule has 0 aromatic carbocycles. The van der Waals surface area contributed by atoms with E-state index >= 15 is 0 Å². The first-order valence-electron chi connectivity index (χ1n) is 6.35. The van der Waals surface area contributed by atoms with Gasteiger partial charge in [0.05, 0.1) is 0 Å². The van der Waals surface area contributed by atoms with E-state index in [-0.39, 0.29) is 12.5 Å². The van der Waals surface area contributed by atoms with Gasteiger partial charge < -0.3 is 15.1 Å². The third kappa shape index (κ3) is 4.47. The molecule has 108 valence electrons. The second kappa shape index (κ2) is 8.06. The third-order valence-corrected chi connectivity index (χ3v) is 2.74. The lowest BCUT2D eigenvalue weighted by atomic mass is 10.1. The molecule has 0 saturated heterocycles. The Morgan fingerprint density at radius 1 is 1.45 bits per heavy atom. The number of carboxylic acid groups (broad SMARTS) is 1. The maximum atomic E-state index is 12.4. The van der Waals surface area contributed by atoms with Crippen LogP contribution in [0.2, 0.25) is 0 Å². The normalized spacial score (nSPS) is 10.7. The van der Waals surface area contributed by atoms with Gasteiger partial charge in [0, 0.05) is 49.3 Å². The molecule has 6 heteroatoms. The fourth-order valence-corrected chi connectivity index (χ4v) is 1.73. The van der Waals surface area contributed by atoms with Crippen LogP contribution in [-0.4, -0.2) is 51.7 Å². The van der Waals surface area contributed by atoms with Crippen molar-refractivity contribution >= 4 is 18.0 Å². The summed E-state index contributed by atoms with van der Waals surface area (Å²) in [5, 5.41) is 17.5. The largest absolute Gasteiger partial charge is 0.478 e. The fourth-order valence-electron chi connectivity index (χ4n) is 1.73. The Hall–Kier alpha value is -2.21.